The van der Waals surface area contributed by atoms with Crippen molar-refractivity contribution < 1.29 is 28.0 Å². The van der Waals surface area contributed by atoms with Gasteiger partial charge in [0.15, 0.2) is 5.84 Å². The summed E-state index contributed by atoms with van der Waals surface area (Å²) in [5.41, 5.74) is 7.58. The van der Waals surface area contributed by atoms with Crippen LogP contribution in [0.25, 0.3) is 10.2 Å². The quantitative estimate of drug-likeness (QED) is 0.0609. The van der Waals surface area contributed by atoms with Gasteiger partial charge in [-0.15, -0.1) is 11.3 Å². The number of oxime groups is 1. The van der Waals surface area contributed by atoms with Crippen LogP contribution >= 0.6 is 11.3 Å². The van der Waals surface area contributed by atoms with Gasteiger partial charge in [-0.2, -0.15) is 0 Å². The number of sulfonamides is 1. The first-order valence-electron chi connectivity index (χ1n) is 15.6. The van der Waals surface area contributed by atoms with Crippen molar-refractivity contribution in [3.8, 4) is 0 Å². The van der Waals surface area contributed by atoms with Crippen molar-refractivity contribution >= 4 is 55.1 Å². The number of para-hydroxylation sites is 1. The van der Waals surface area contributed by atoms with Gasteiger partial charge in [0.05, 0.1) is 21.2 Å². The number of anilines is 1. The van der Waals surface area contributed by atoms with Crippen molar-refractivity contribution in [3.05, 3.63) is 88.9 Å². The molecule has 6 N–H and O–H groups in total. The second-order valence-electron chi connectivity index (χ2n) is 12.8. The molecule has 48 heavy (non-hydrogen) atoms. The Labute approximate surface area is 283 Å². The maximum Gasteiger partial charge on any atom is 0.407 e. The lowest BCUT2D eigenvalue weighted by Crippen LogP contribution is -2.42. The number of benzene rings is 3. The zero-order chi connectivity index (χ0) is 34.5. The van der Waals surface area contributed by atoms with E-state index in [1.165, 1.54) is 23.5 Å². The summed E-state index contributed by atoms with van der Waals surface area (Å²) in [5.74, 6) is -0.534. The normalized spacial score (nSPS) is 17.9. The molecule has 4 aromatic rings. The van der Waals surface area contributed by atoms with E-state index in [4.69, 9.17) is 20.7 Å². The Morgan fingerprint density at radius 3 is 2.48 bits per heavy atom. The molecule has 1 fully saturated rings. The first-order chi connectivity index (χ1) is 22.8. The average Bonchev–Trinajstić information content (AvgIpc) is 3.48. The molecule has 0 radical (unpaired) electrons. The first-order valence-corrected chi connectivity index (χ1v) is 17.9. The molecular weight excluding hydrogens is 653 g/mol. The lowest BCUT2D eigenvalue weighted by atomic mass is 9.85. The summed E-state index contributed by atoms with van der Waals surface area (Å²) in [6, 6.07) is 19.9. The molecular formula is C34H40N6O6S2. The Hall–Kier alpha value is -4.53. The third kappa shape index (κ3) is 9.08. The molecule has 1 unspecified atom stereocenters. The van der Waals surface area contributed by atoms with Crippen molar-refractivity contribution in [3.63, 3.8) is 0 Å². The maximum atomic E-state index is 13.8. The summed E-state index contributed by atoms with van der Waals surface area (Å²) in [6.07, 6.45) is 2.19. The summed E-state index contributed by atoms with van der Waals surface area (Å²) in [5, 5.41) is 18.5. The predicted octanol–water partition coefficient (Wildman–Crippen LogP) is 5.68. The zero-order valence-electron chi connectivity index (χ0n) is 27.0. The van der Waals surface area contributed by atoms with Crippen LogP contribution in [0.1, 0.15) is 68.6 Å². The number of carbonyl (C=O) groups excluding carboxylic acids is 2. The van der Waals surface area contributed by atoms with E-state index in [2.05, 4.69) is 20.5 Å². The standard InChI is InChI=1S/C34H40N6O6S2/c1-34(2,3)46-33(42)37-24-16-14-22(15-17-24)31(41)36-25-10-7-11-26(20-25)48(44,45)40-28(32-38-27-12-4-5-13-29(27)47-32)19-21-8-6-9-23(18-21)30(35)39-43/h4-13,18,20,22,24,28,40,43H,14-17,19H2,1-3H3,(H2,35,39)(H,36,41)(H,37,42). The van der Waals surface area contributed by atoms with Crippen molar-refractivity contribution in [1.29, 1.82) is 0 Å². The fraction of sp³-hybridized carbons (Fsp3) is 0.353. The summed E-state index contributed by atoms with van der Waals surface area (Å²) in [6.45, 7) is 5.41. The molecule has 2 amide bonds. The monoisotopic (exact) mass is 692 g/mol. The number of amidine groups is 1. The van der Waals surface area contributed by atoms with E-state index in [0.29, 0.717) is 41.9 Å². The number of ether oxygens (including phenoxy) is 1. The van der Waals surface area contributed by atoms with Crippen LogP contribution in [-0.4, -0.2) is 48.1 Å². The van der Waals surface area contributed by atoms with Crippen LogP contribution in [-0.2, 0) is 26.0 Å². The third-order valence-electron chi connectivity index (χ3n) is 7.91. The van der Waals surface area contributed by atoms with Crippen LogP contribution in [0.5, 0.6) is 0 Å². The van der Waals surface area contributed by atoms with Crippen molar-refractivity contribution in [2.24, 2.45) is 16.8 Å². The zero-order valence-corrected chi connectivity index (χ0v) is 28.6. The number of hydrogen-bond acceptors (Lipinski definition) is 9. The van der Waals surface area contributed by atoms with Gasteiger partial charge in [0, 0.05) is 23.2 Å². The summed E-state index contributed by atoms with van der Waals surface area (Å²) < 4.78 is 36.7. The first kappa shape index (κ1) is 34.8. The van der Waals surface area contributed by atoms with E-state index in [-0.39, 0.29) is 35.0 Å². The van der Waals surface area contributed by atoms with Crippen molar-refractivity contribution in [1.82, 2.24) is 15.0 Å². The van der Waals surface area contributed by atoms with E-state index in [1.807, 2.05) is 30.3 Å². The number of hydrogen-bond donors (Lipinski definition) is 5. The maximum absolute atomic E-state index is 13.8. The summed E-state index contributed by atoms with van der Waals surface area (Å²) in [4.78, 5) is 30.0. The lowest BCUT2D eigenvalue weighted by molar-refractivity contribution is -0.120. The van der Waals surface area contributed by atoms with Gasteiger partial charge in [0.2, 0.25) is 15.9 Å². The molecule has 14 heteroatoms. The highest BCUT2D eigenvalue weighted by molar-refractivity contribution is 7.89. The minimum absolute atomic E-state index is 0.0120. The van der Waals surface area contributed by atoms with Gasteiger partial charge in [-0.3, -0.25) is 4.79 Å². The van der Waals surface area contributed by atoms with Gasteiger partial charge in [0.1, 0.15) is 10.6 Å². The summed E-state index contributed by atoms with van der Waals surface area (Å²) >= 11 is 1.39. The molecule has 1 aliphatic rings. The number of nitrogens with two attached hydrogens (primary N) is 1. The molecule has 1 aliphatic carbocycles. The van der Waals surface area contributed by atoms with Crippen molar-refractivity contribution in [2.45, 2.75) is 75.5 Å². The number of rotatable bonds is 10. The van der Waals surface area contributed by atoms with Crippen molar-refractivity contribution in [2.75, 3.05) is 5.32 Å². The van der Waals surface area contributed by atoms with Gasteiger partial charge in [-0.1, -0.05) is 41.6 Å². The van der Waals surface area contributed by atoms with Crippen LogP contribution < -0.4 is 21.1 Å². The fourth-order valence-electron chi connectivity index (χ4n) is 5.58. The second-order valence-corrected chi connectivity index (χ2v) is 15.6. The number of alkyl carbamates (subject to hydrolysis) is 1. The van der Waals surface area contributed by atoms with E-state index in [9.17, 15) is 18.0 Å². The molecule has 1 saturated carbocycles. The van der Waals surface area contributed by atoms with Gasteiger partial charge < -0.3 is 26.3 Å². The second kappa shape index (κ2) is 14.7. The van der Waals surface area contributed by atoms with Crippen LogP contribution in [0.4, 0.5) is 10.5 Å². The number of thiazole rings is 1. The molecule has 12 nitrogen and oxygen atoms in total. The number of nitrogens with zero attached hydrogens (tertiary/aromatic N) is 2. The van der Waals surface area contributed by atoms with Gasteiger partial charge in [-0.05, 0) is 94.8 Å². The number of carbonyl (C=O) groups is 2. The minimum Gasteiger partial charge on any atom is -0.444 e. The fourth-order valence-corrected chi connectivity index (χ4v) is 7.92. The van der Waals surface area contributed by atoms with Gasteiger partial charge in [0.25, 0.3) is 0 Å². The van der Waals surface area contributed by atoms with Crippen LogP contribution in [0, 0.1) is 5.92 Å². The smallest absolute Gasteiger partial charge is 0.407 e. The third-order valence-corrected chi connectivity index (χ3v) is 10.5. The number of nitrogens with one attached hydrogen (secondary N) is 3. The number of fused-ring (bicyclic) bond motifs is 1. The summed E-state index contributed by atoms with van der Waals surface area (Å²) in [7, 11) is -4.09. The molecule has 0 spiro atoms. The van der Waals surface area contributed by atoms with Gasteiger partial charge >= 0.3 is 6.09 Å². The molecule has 0 bridgehead atoms. The van der Waals surface area contributed by atoms with Gasteiger partial charge in [-0.25, -0.2) is 22.9 Å². The van der Waals surface area contributed by atoms with Crippen LogP contribution in [0.15, 0.2) is 82.8 Å². The SMILES string of the molecule is CC(C)(C)OC(=O)NC1CCC(C(=O)Nc2cccc(S(=O)(=O)NC(Cc3cccc(C(N)=NO)c3)c3nc4ccccc4s3)c2)CC1. The highest BCUT2D eigenvalue weighted by Crippen LogP contribution is 2.31. The highest BCUT2D eigenvalue weighted by Gasteiger charge is 2.29. The Morgan fingerprint density at radius 1 is 1.04 bits per heavy atom. The lowest BCUT2D eigenvalue weighted by Gasteiger charge is -2.29. The van der Waals surface area contributed by atoms with E-state index < -0.39 is 27.8 Å². The predicted molar refractivity (Wildman–Crippen MR) is 186 cm³/mol. The number of amides is 2. The Bertz CT molecular complexity index is 1880. The number of aromatic nitrogens is 1. The molecule has 254 valence electrons. The molecule has 5 rings (SSSR count). The molecule has 3 aromatic carbocycles. The highest BCUT2D eigenvalue weighted by atomic mass is 32.2. The van der Waals surface area contributed by atoms with E-state index in [0.717, 1.165) is 15.8 Å². The minimum atomic E-state index is -4.09. The van der Waals surface area contributed by atoms with E-state index in [1.54, 1.807) is 51.1 Å². The largest absolute Gasteiger partial charge is 0.444 e. The van der Waals surface area contributed by atoms with Crippen LogP contribution in [0.2, 0.25) is 0 Å². The Balaban J connectivity index is 1.29. The molecule has 0 saturated heterocycles. The Kier molecular flexibility index (Phi) is 10.7. The average molecular weight is 693 g/mol. The Morgan fingerprint density at radius 2 is 1.77 bits per heavy atom. The van der Waals surface area contributed by atoms with Crippen LogP contribution in [0.3, 0.4) is 0 Å². The molecule has 0 aliphatic heterocycles. The molecule has 1 heterocycles. The van der Waals surface area contributed by atoms with E-state index >= 15 is 0 Å². The topological polar surface area (TPSA) is 185 Å². The molecule has 1 atom stereocenters. The molecule has 1 aromatic heterocycles.